The summed E-state index contributed by atoms with van der Waals surface area (Å²) in [5.41, 5.74) is 1.16. The molecule has 0 saturated carbocycles. The fourth-order valence-corrected chi connectivity index (χ4v) is 1.58. The first-order valence-electron chi connectivity index (χ1n) is 5.09. The average Bonchev–Trinajstić information content (AvgIpc) is 2.67. The summed E-state index contributed by atoms with van der Waals surface area (Å²) in [5, 5.41) is 8.00. The molecule has 2 aromatic rings. The number of nitrogens with one attached hydrogen (secondary N) is 1. The van der Waals surface area contributed by atoms with Crippen molar-refractivity contribution < 1.29 is 0 Å². The highest BCUT2D eigenvalue weighted by atomic mass is 35.5. The van der Waals surface area contributed by atoms with E-state index in [9.17, 15) is 0 Å². The Balaban J connectivity index is 1.87. The van der Waals surface area contributed by atoms with Gasteiger partial charge in [-0.3, -0.25) is 4.68 Å². The summed E-state index contributed by atoms with van der Waals surface area (Å²) in [4.78, 5) is 4.14. The monoisotopic (exact) mass is 236 g/mol. The van der Waals surface area contributed by atoms with Crippen molar-refractivity contribution >= 4 is 17.4 Å². The summed E-state index contributed by atoms with van der Waals surface area (Å²) in [5.74, 6) is 0.716. The Morgan fingerprint density at radius 3 is 3.06 bits per heavy atom. The minimum Gasteiger partial charge on any atom is -0.367 e. The van der Waals surface area contributed by atoms with Crippen LogP contribution in [0.3, 0.4) is 0 Å². The van der Waals surface area contributed by atoms with Gasteiger partial charge in [0, 0.05) is 18.9 Å². The molecular formula is C11H13ClN4. The van der Waals surface area contributed by atoms with Gasteiger partial charge in [0.15, 0.2) is 0 Å². The number of pyridine rings is 1. The molecule has 0 aliphatic rings. The van der Waals surface area contributed by atoms with Crippen molar-refractivity contribution in [3.8, 4) is 0 Å². The van der Waals surface area contributed by atoms with E-state index in [4.69, 9.17) is 11.6 Å². The van der Waals surface area contributed by atoms with E-state index in [1.807, 2.05) is 36.1 Å². The quantitative estimate of drug-likeness (QED) is 0.886. The van der Waals surface area contributed by atoms with Gasteiger partial charge in [0.25, 0.3) is 0 Å². The highest BCUT2D eigenvalue weighted by molar-refractivity contribution is 6.32. The standard InChI is InChI=1S/C11H13ClN4/c1-9-7-15-16(8-9)6-5-14-11-10(12)3-2-4-13-11/h2-4,7-8H,5-6H2,1H3,(H,13,14). The Labute approximate surface area is 99.3 Å². The molecule has 0 aliphatic heterocycles. The summed E-state index contributed by atoms with van der Waals surface area (Å²) >= 11 is 5.96. The predicted octanol–water partition coefficient (Wildman–Crippen LogP) is 2.35. The summed E-state index contributed by atoms with van der Waals surface area (Å²) in [6.07, 6.45) is 5.56. The van der Waals surface area contributed by atoms with Crippen molar-refractivity contribution in [2.75, 3.05) is 11.9 Å². The first-order chi connectivity index (χ1) is 7.75. The number of hydrogen-bond acceptors (Lipinski definition) is 3. The maximum atomic E-state index is 5.96. The van der Waals surface area contributed by atoms with Crippen molar-refractivity contribution in [1.82, 2.24) is 14.8 Å². The molecule has 0 spiro atoms. The molecule has 0 atom stereocenters. The first kappa shape index (κ1) is 11.0. The van der Waals surface area contributed by atoms with Crippen molar-refractivity contribution in [1.29, 1.82) is 0 Å². The van der Waals surface area contributed by atoms with Crippen LogP contribution in [0.25, 0.3) is 0 Å². The Bertz CT molecular complexity index is 467. The van der Waals surface area contributed by atoms with Gasteiger partial charge in [0.2, 0.25) is 0 Å². The molecule has 0 fully saturated rings. The second kappa shape index (κ2) is 4.99. The third-order valence-electron chi connectivity index (χ3n) is 2.15. The molecule has 0 saturated heterocycles. The maximum Gasteiger partial charge on any atom is 0.144 e. The molecule has 0 bridgehead atoms. The van der Waals surface area contributed by atoms with Crippen molar-refractivity contribution in [3.05, 3.63) is 41.3 Å². The Kier molecular flexibility index (Phi) is 3.41. The molecule has 0 radical (unpaired) electrons. The molecule has 5 heteroatoms. The lowest BCUT2D eigenvalue weighted by atomic mass is 10.4. The molecule has 0 unspecified atom stereocenters. The Morgan fingerprint density at radius 2 is 2.38 bits per heavy atom. The van der Waals surface area contributed by atoms with Crippen LogP contribution in [0.2, 0.25) is 5.02 Å². The van der Waals surface area contributed by atoms with Crippen molar-refractivity contribution in [2.24, 2.45) is 0 Å². The van der Waals surface area contributed by atoms with Crippen molar-refractivity contribution in [3.63, 3.8) is 0 Å². The van der Waals surface area contributed by atoms with Crippen LogP contribution >= 0.6 is 11.6 Å². The molecular weight excluding hydrogens is 224 g/mol. The predicted molar refractivity (Wildman–Crippen MR) is 64.7 cm³/mol. The third kappa shape index (κ3) is 2.73. The zero-order valence-corrected chi connectivity index (χ0v) is 9.78. The Morgan fingerprint density at radius 1 is 1.50 bits per heavy atom. The number of rotatable bonds is 4. The smallest absolute Gasteiger partial charge is 0.144 e. The highest BCUT2D eigenvalue weighted by Crippen LogP contribution is 2.16. The van der Waals surface area contributed by atoms with E-state index >= 15 is 0 Å². The SMILES string of the molecule is Cc1cnn(CCNc2ncccc2Cl)c1. The zero-order valence-electron chi connectivity index (χ0n) is 9.02. The maximum absolute atomic E-state index is 5.96. The number of nitrogens with zero attached hydrogens (tertiary/aromatic N) is 3. The van der Waals surface area contributed by atoms with Gasteiger partial charge < -0.3 is 5.32 Å². The number of halogens is 1. The third-order valence-corrected chi connectivity index (χ3v) is 2.46. The van der Waals surface area contributed by atoms with Crippen molar-refractivity contribution in [2.45, 2.75) is 13.5 Å². The van der Waals surface area contributed by atoms with Gasteiger partial charge >= 0.3 is 0 Å². The largest absolute Gasteiger partial charge is 0.367 e. The van der Waals surface area contributed by atoms with Gasteiger partial charge in [-0.2, -0.15) is 5.10 Å². The summed E-state index contributed by atoms with van der Waals surface area (Å²) in [7, 11) is 0. The molecule has 2 aromatic heterocycles. The minimum atomic E-state index is 0.638. The lowest BCUT2D eigenvalue weighted by molar-refractivity contribution is 0.637. The summed E-state index contributed by atoms with van der Waals surface area (Å²) < 4.78 is 1.89. The molecule has 4 nitrogen and oxygen atoms in total. The van der Waals surface area contributed by atoms with Gasteiger partial charge in [-0.15, -0.1) is 0 Å². The molecule has 0 amide bonds. The fraction of sp³-hybridized carbons (Fsp3) is 0.273. The van der Waals surface area contributed by atoms with Crippen LogP contribution in [0, 0.1) is 6.92 Å². The molecule has 2 rings (SSSR count). The number of anilines is 1. The first-order valence-corrected chi connectivity index (χ1v) is 5.47. The molecule has 0 aromatic carbocycles. The van der Waals surface area contributed by atoms with E-state index in [0.29, 0.717) is 10.8 Å². The van der Waals surface area contributed by atoms with E-state index in [-0.39, 0.29) is 0 Å². The molecule has 2 heterocycles. The van der Waals surface area contributed by atoms with Gasteiger partial charge in [-0.05, 0) is 24.6 Å². The normalized spacial score (nSPS) is 10.4. The fourth-order valence-electron chi connectivity index (χ4n) is 1.39. The van der Waals surface area contributed by atoms with E-state index < -0.39 is 0 Å². The average molecular weight is 237 g/mol. The van der Waals surface area contributed by atoms with E-state index in [1.165, 1.54) is 0 Å². The minimum absolute atomic E-state index is 0.638. The highest BCUT2D eigenvalue weighted by Gasteiger charge is 1.99. The molecule has 1 N–H and O–H groups in total. The van der Waals surface area contributed by atoms with E-state index in [0.717, 1.165) is 18.7 Å². The lowest BCUT2D eigenvalue weighted by Gasteiger charge is -2.06. The van der Waals surface area contributed by atoms with Gasteiger partial charge in [0.05, 0.1) is 17.8 Å². The molecule has 16 heavy (non-hydrogen) atoms. The van der Waals surface area contributed by atoms with Crippen LogP contribution in [-0.4, -0.2) is 21.3 Å². The zero-order chi connectivity index (χ0) is 11.4. The second-order valence-electron chi connectivity index (χ2n) is 3.54. The number of aryl methyl sites for hydroxylation is 1. The van der Waals surface area contributed by atoms with Gasteiger partial charge in [-0.25, -0.2) is 4.98 Å². The topological polar surface area (TPSA) is 42.7 Å². The van der Waals surface area contributed by atoms with E-state index in [1.54, 1.807) is 6.20 Å². The van der Waals surface area contributed by atoms with Crippen LogP contribution in [0.5, 0.6) is 0 Å². The summed E-state index contributed by atoms with van der Waals surface area (Å²) in [6, 6.07) is 3.62. The molecule has 84 valence electrons. The van der Waals surface area contributed by atoms with Crippen LogP contribution in [0.4, 0.5) is 5.82 Å². The van der Waals surface area contributed by atoms with Crippen LogP contribution in [0.1, 0.15) is 5.56 Å². The van der Waals surface area contributed by atoms with Crippen LogP contribution < -0.4 is 5.32 Å². The Hall–Kier alpha value is -1.55. The molecule has 0 aliphatic carbocycles. The number of aromatic nitrogens is 3. The lowest BCUT2D eigenvalue weighted by Crippen LogP contribution is -2.11. The number of hydrogen-bond donors (Lipinski definition) is 1. The summed E-state index contributed by atoms with van der Waals surface area (Å²) in [6.45, 7) is 3.56. The van der Waals surface area contributed by atoms with E-state index in [2.05, 4.69) is 15.4 Å². The van der Waals surface area contributed by atoms with Gasteiger partial charge in [-0.1, -0.05) is 11.6 Å². The van der Waals surface area contributed by atoms with Crippen LogP contribution in [0.15, 0.2) is 30.7 Å². The van der Waals surface area contributed by atoms with Gasteiger partial charge in [0.1, 0.15) is 5.82 Å². The van der Waals surface area contributed by atoms with Crippen LogP contribution in [-0.2, 0) is 6.54 Å². The second-order valence-corrected chi connectivity index (χ2v) is 3.95.